The van der Waals surface area contributed by atoms with Crippen molar-refractivity contribution < 1.29 is 4.39 Å². The van der Waals surface area contributed by atoms with Crippen LogP contribution in [0.15, 0.2) is 59.7 Å². The van der Waals surface area contributed by atoms with E-state index in [0.717, 1.165) is 28.0 Å². The van der Waals surface area contributed by atoms with Crippen molar-refractivity contribution in [2.24, 2.45) is 0 Å². The summed E-state index contributed by atoms with van der Waals surface area (Å²) < 4.78 is 13.6. The molecule has 1 aromatic carbocycles. The quantitative estimate of drug-likeness (QED) is 0.381. The van der Waals surface area contributed by atoms with Crippen LogP contribution in [0.1, 0.15) is 37.3 Å². The van der Waals surface area contributed by atoms with Gasteiger partial charge in [-0.3, -0.25) is 0 Å². The highest BCUT2D eigenvalue weighted by Gasteiger charge is 2.14. The van der Waals surface area contributed by atoms with Crippen LogP contribution in [0, 0.1) is 18.2 Å². The van der Waals surface area contributed by atoms with E-state index in [1.165, 1.54) is 6.07 Å². The molecule has 0 amide bonds. The molecule has 0 aliphatic rings. The van der Waals surface area contributed by atoms with Crippen molar-refractivity contribution in [1.82, 2.24) is 5.32 Å². The van der Waals surface area contributed by atoms with E-state index in [1.807, 2.05) is 27.0 Å². The second-order valence-corrected chi connectivity index (χ2v) is 6.04. The first-order chi connectivity index (χ1) is 11.3. The highest BCUT2D eigenvalue weighted by molar-refractivity contribution is 7.83. The topological polar surface area (TPSA) is 12.0 Å². The maximum atomic E-state index is 13.6. The van der Waals surface area contributed by atoms with Gasteiger partial charge in [0.25, 0.3) is 0 Å². The van der Waals surface area contributed by atoms with E-state index in [1.54, 1.807) is 17.5 Å². The molecule has 1 N–H and O–H groups in total. The largest absolute Gasteiger partial charge is 0.391 e. The van der Waals surface area contributed by atoms with Gasteiger partial charge in [-0.25, -0.2) is 4.39 Å². The Morgan fingerprint density at radius 3 is 2.58 bits per heavy atom. The van der Waals surface area contributed by atoms with Crippen LogP contribution in [0.2, 0.25) is 0 Å². The van der Waals surface area contributed by atoms with Crippen molar-refractivity contribution in [3.8, 4) is 12.3 Å². The van der Waals surface area contributed by atoms with E-state index < -0.39 is 0 Å². The van der Waals surface area contributed by atoms with E-state index >= 15 is 0 Å². The van der Waals surface area contributed by atoms with Crippen LogP contribution in [0.5, 0.6) is 0 Å². The molecule has 0 aliphatic carbocycles. The first-order valence-electron chi connectivity index (χ1n) is 7.70. The van der Waals surface area contributed by atoms with Crippen molar-refractivity contribution in [1.29, 1.82) is 0 Å². The van der Waals surface area contributed by atoms with Gasteiger partial charge in [0.15, 0.2) is 0 Å². The monoisotopic (exact) mass is 341 g/mol. The zero-order valence-corrected chi connectivity index (χ0v) is 15.4. The van der Waals surface area contributed by atoms with E-state index in [4.69, 9.17) is 6.42 Å². The van der Waals surface area contributed by atoms with Gasteiger partial charge in [0.05, 0.1) is 0 Å². The van der Waals surface area contributed by atoms with Gasteiger partial charge in [-0.2, -0.15) is 12.6 Å². The Hall–Kier alpha value is -2.18. The molecule has 1 rings (SSSR count). The van der Waals surface area contributed by atoms with Crippen LogP contribution < -0.4 is 5.32 Å². The fraction of sp³-hybridized carbons (Fsp3) is 0.238. The van der Waals surface area contributed by atoms with Gasteiger partial charge < -0.3 is 5.32 Å². The number of hydrogen-bond donors (Lipinski definition) is 2. The summed E-state index contributed by atoms with van der Waals surface area (Å²) >= 11 is 4.32. The zero-order chi connectivity index (χ0) is 18.3. The number of allylic oxidation sites excluding steroid dienone is 4. The van der Waals surface area contributed by atoms with E-state index in [-0.39, 0.29) is 11.7 Å². The van der Waals surface area contributed by atoms with Gasteiger partial charge in [-0.05, 0) is 51.8 Å². The molecule has 1 aromatic rings. The third-order valence-electron chi connectivity index (χ3n) is 3.74. The molecule has 0 radical (unpaired) electrons. The number of terminal acetylenes is 1. The summed E-state index contributed by atoms with van der Waals surface area (Å²) in [5.74, 6) is 2.44. The third kappa shape index (κ3) is 5.18. The molecule has 24 heavy (non-hydrogen) atoms. The molecule has 0 heterocycles. The third-order valence-corrected chi connectivity index (χ3v) is 4.05. The number of rotatable bonds is 7. The van der Waals surface area contributed by atoms with Gasteiger partial charge in [-0.1, -0.05) is 39.0 Å². The van der Waals surface area contributed by atoms with E-state index in [0.29, 0.717) is 12.0 Å². The summed E-state index contributed by atoms with van der Waals surface area (Å²) in [7, 11) is 1.83. The number of halogens is 1. The fourth-order valence-electron chi connectivity index (χ4n) is 2.36. The summed E-state index contributed by atoms with van der Waals surface area (Å²) in [5, 5.41) is 4.84. The molecule has 1 nitrogen and oxygen atoms in total. The molecule has 0 atom stereocenters. The minimum absolute atomic E-state index is 0.189. The Labute approximate surface area is 150 Å². The highest BCUT2D eigenvalue weighted by atomic mass is 32.1. The molecular weight excluding hydrogens is 317 g/mol. The van der Waals surface area contributed by atoms with E-state index in [2.05, 4.69) is 37.0 Å². The minimum Gasteiger partial charge on any atom is -0.391 e. The summed E-state index contributed by atoms with van der Waals surface area (Å²) in [6.45, 7) is 12.1. The van der Waals surface area contributed by atoms with Crippen LogP contribution in [0.3, 0.4) is 0 Å². The van der Waals surface area contributed by atoms with Crippen LogP contribution >= 0.6 is 12.6 Å². The van der Waals surface area contributed by atoms with Gasteiger partial charge in [-0.15, -0.1) is 6.42 Å². The second kappa shape index (κ2) is 9.20. The minimum atomic E-state index is -0.243. The van der Waals surface area contributed by atoms with Gasteiger partial charge >= 0.3 is 0 Å². The number of benzene rings is 1. The van der Waals surface area contributed by atoms with E-state index in [9.17, 15) is 4.39 Å². The van der Waals surface area contributed by atoms with Crippen molar-refractivity contribution in [2.75, 3.05) is 7.05 Å². The number of nitrogens with one attached hydrogen (secondary N) is 1. The summed E-state index contributed by atoms with van der Waals surface area (Å²) in [6.07, 6.45) is 7.75. The zero-order valence-electron chi connectivity index (χ0n) is 14.5. The molecular formula is C21H24FNS. The Balaban J connectivity index is 3.19. The SMILES string of the molecule is C#CC(=C)/C=C(/C/C(=C/S)C(=C)c1ccc(F)cc1C(C)C)NC. The lowest BCUT2D eigenvalue weighted by Crippen LogP contribution is -2.08. The van der Waals surface area contributed by atoms with Crippen LogP contribution in [-0.4, -0.2) is 7.05 Å². The maximum absolute atomic E-state index is 13.6. The lowest BCUT2D eigenvalue weighted by molar-refractivity contribution is 0.623. The van der Waals surface area contributed by atoms with Gasteiger partial charge in [0.1, 0.15) is 5.82 Å². The first-order valence-corrected chi connectivity index (χ1v) is 8.21. The highest BCUT2D eigenvalue weighted by Crippen LogP contribution is 2.32. The lowest BCUT2D eigenvalue weighted by atomic mass is 9.88. The standard InChI is InChI=1S/C21H24FNS/c1-7-15(4)10-19(23-6)11-17(13-24)16(5)20-9-8-18(22)12-21(20)14(2)3/h1,8-10,12-14,23-24H,4-5,11H2,2-3,6H3/b17-13-,19-10-. The Morgan fingerprint density at radius 1 is 1.42 bits per heavy atom. The van der Waals surface area contributed by atoms with Gasteiger partial charge in [0.2, 0.25) is 0 Å². The number of hydrogen-bond acceptors (Lipinski definition) is 2. The smallest absolute Gasteiger partial charge is 0.123 e. The van der Waals surface area contributed by atoms with Crippen molar-refractivity contribution >= 4 is 18.2 Å². The Morgan fingerprint density at radius 2 is 2.08 bits per heavy atom. The predicted molar refractivity (Wildman–Crippen MR) is 106 cm³/mol. The second-order valence-electron chi connectivity index (χ2n) is 5.79. The Kier molecular flexibility index (Phi) is 7.61. The molecule has 0 aromatic heterocycles. The molecule has 3 heteroatoms. The van der Waals surface area contributed by atoms with Crippen LogP contribution in [-0.2, 0) is 0 Å². The van der Waals surface area contributed by atoms with Crippen LogP contribution in [0.25, 0.3) is 5.57 Å². The fourth-order valence-corrected chi connectivity index (χ4v) is 2.61. The molecule has 0 spiro atoms. The molecule has 0 unspecified atom stereocenters. The summed E-state index contributed by atoms with van der Waals surface area (Å²) in [6, 6.07) is 4.79. The molecule has 0 fully saturated rings. The summed E-state index contributed by atoms with van der Waals surface area (Å²) in [4.78, 5) is 0. The maximum Gasteiger partial charge on any atom is 0.123 e. The van der Waals surface area contributed by atoms with Crippen molar-refractivity contribution in [3.63, 3.8) is 0 Å². The lowest BCUT2D eigenvalue weighted by Gasteiger charge is -2.18. The molecule has 0 aliphatic heterocycles. The first kappa shape index (κ1) is 19.9. The van der Waals surface area contributed by atoms with Crippen LogP contribution in [0.4, 0.5) is 4.39 Å². The van der Waals surface area contributed by atoms with Gasteiger partial charge in [0, 0.05) is 24.7 Å². The van der Waals surface area contributed by atoms with Crippen molar-refractivity contribution in [3.05, 3.63) is 76.6 Å². The predicted octanol–water partition coefficient (Wildman–Crippen LogP) is 5.46. The average Bonchev–Trinajstić information content (AvgIpc) is 2.57. The molecule has 0 bridgehead atoms. The average molecular weight is 341 g/mol. The Bertz CT molecular complexity index is 733. The summed E-state index contributed by atoms with van der Waals surface area (Å²) in [5.41, 5.74) is 5.10. The number of thiol groups is 1. The molecule has 0 saturated heterocycles. The molecule has 0 saturated carbocycles. The van der Waals surface area contributed by atoms with Crippen molar-refractivity contribution in [2.45, 2.75) is 26.2 Å². The molecule has 126 valence electrons. The normalized spacial score (nSPS) is 12.0.